The molecule has 21 heavy (non-hydrogen) atoms. The third-order valence-corrected chi connectivity index (χ3v) is 4.39. The molecule has 0 unspecified atom stereocenters. The minimum atomic E-state index is -3.91. The summed E-state index contributed by atoms with van der Waals surface area (Å²) >= 11 is 1.53. The van der Waals surface area contributed by atoms with Crippen molar-refractivity contribution < 1.29 is 58.2 Å². The van der Waals surface area contributed by atoms with E-state index in [9.17, 15) is 8.42 Å². The molecule has 0 aliphatic carbocycles. The average Bonchev–Trinajstić information content (AvgIpc) is 2.74. The third kappa shape index (κ3) is 6.43. The van der Waals surface area contributed by atoms with E-state index in [-0.39, 0.29) is 55.2 Å². The van der Waals surface area contributed by atoms with Crippen LogP contribution in [-0.4, -0.2) is 45.2 Å². The predicted octanol–water partition coefficient (Wildman–Crippen LogP) is -1.06. The van der Waals surface area contributed by atoms with E-state index >= 15 is 0 Å². The van der Waals surface area contributed by atoms with Crippen molar-refractivity contribution >= 4 is 21.5 Å². The summed E-state index contributed by atoms with van der Waals surface area (Å²) in [5, 5.41) is 3.79. The number of hydrogen-bond acceptors (Lipinski definition) is 6. The fraction of sp³-hybridized carbons (Fsp3) is 0.667. The van der Waals surface area contributed by atoms with Gasteiger partial charge in [-0.05, 0) is 6.42 Å². The van der Waals surface area contributed by atoms with Gasteiger partial charge in [-0.15, -0.1) is 11.3 Å². The molecular weight excluding hydrogens is 327 g/mol. The average molecular weight is 346 g/mol. The van der Waals surface area contributed by atoms with Crippen molar-refractivity contribution in [2.75, 3.05) is 32.2 Å². The molecule has 0 atom stereocenters. The first-order chi connectivity index (χ1) is 9.38. The summed E-state index contributed by atoms with van der Waals surface area (Å²) in [5.74, 6) is 1.23. The molecular formula is C12H19NaO6S2. The van der Waals surface area contributed by atoms with Gasteiger partial charge in [0.2, 0.25) is 0 Å². The SMILES string of the molecule is CC1(COCCCS(=O)(=O)O)COc2cscc2OC1.[H-].[Na+]. The van der Waals surface area contributed by atoms with Crippen molar-refractivity contribution in [2.24, 2.45) is 5.41 Å². The Labute approximate surface area is 152 Å². The van der Waals surface area contributed by atoms with E-state index in [1.807, 2.05) is 17.7 Å². The van der Waals surface area contributed by atoms with Crippen LogP contribution in [0.4, 0.5) is 0 Å². The van der Waals surface area contributed by atoms with Crippen LogP contribution in [0.15, 0.2) is 10.8 Å². The number of hydrogen-bond donors (Lipinski definition) is 1. The Morgan fingerprint density at radius 1 is 1.38 bits per heavy atom. The Balaban J connectivity index is 0.00000220. The molecule has 116 valence electrons. The van der Waals surface area contributed by atoms with Crippen LogP contribution in [0.5, 0.6) is 11.5 Å². The van der Waals surface area contributed by atoms with E-state index in [0.29, 0.717) is 19.8 Å². The molecule has 0 amide bonds. The zero-order valence-electron chi connectivity index (χ0n) is 13.2. The van der Waals surface area contributed by atoms with Crippen LogP contribution < -0.4 is 39.0 Å². The predicted molar refractivity (Wildman–Crippen MR) is 76.4 cm³/mol. The number of rotatable bonds is 6. The molecule has 1 aliphatic rings. The third-order valence-electron chi connectivity index (χ3n) is 2.89. The second-order valence-corrected chi connectivity index (χ2v) is 7.50. The Bertz CT molecular complexity index is 525. The van der Waals surface area contributed by atoms with Gasteiger partial charge in [0.05, 0.1) is 31.0 Å². The van der Waals surface area contributed by atoms with Gasteiger partial charge in [-0.3, -0.25) is 4.55 Å². The van der Waals surface area contributed by atoms with Gasteiger partial charge in [0, 0.05) is 17.4 Å². The number of fused-ring (bicyclic) bond motifs is 1. The topological polar surface area (TPSA) is 82.1 Å². The monoisotopic (exact) mass is 346 g/mol. The van der Waals surface area contributed by atoms with Gasteiger partial charge in [0.15, 0.2) is 11.5 Å². The van der Waals surface area contributed by atoms with E-state index in [1.165, 1.54) is 11.3 Å². The zero-order chi connectivity index (χ0) is 14.6. The van der Waals surface area contributed by atoms with Crippen molar-refractivity contribution in [2.45, 2.75) is 13.3 Å². The molecule has 2 heterocycles. The van der Waals surface area contributed by atoms with Crippen molar-refractivity contribution in [3.8, 4) is 11.5 Å². The summed E-state index contributed by atoms with van der Waals surface area (Å²) in [5.41, 5.74) is -0.283. The van der Waals surface area contributed by atoms with E-state index in [1.54, 1.807) is 0 Å². The zero-order valence-corrected chi connectivity index (χ0v) is 15.8. The first-order valence-corrected chi connectivity index (χ1v) is 8.78. The molecule has 1 aliphatic heterocycles. The van der Waals surface area contributed by atoms with Crippen LogP contribution in [-0.2, 0) is 14.9 Å². The summed E-state index contributed by atoms with van der Waals surface area (Å²) in [7, 11) is -3.91. The van der Waals surface area contributed by atoms with Gasteiger partial charge >= 0.3 is 29.6 Å². The summed E-state index contributed by atoms with van der Waals surface area (Å²) in [6.07, 6.45) is 0.267. The van der Waals surface area contributed by atoms with Crippen molar-refractivity contribution in [3.63, 3.8) is 0 Å². The van der Waals surface area contributed by atoms with Gasteiger partial charge in [-0.1, -0.05) is 6.92 Å². The number of thiophene rings is 1. The van der Waals surface area contributed by atoms with E-state index in [4.69, 9.17) is 18.8 Å². The van der Waals surface area contributed by atoms with E-state index in [2.05, 4.69) is 0 Å². The fourth-order valence-electron chi connectivity index (χ4n) is 1.77. The molecule has 0 bridgehead atoms. The van der Waals surface area contributed by atoms with Crippen LogP contribution in [0.2, 0.25) is 0 Å². The Morgan fingerprint density at radius 3 is 2.48 bits per heavy atom. The first kappa shape index (κ1) is 19.2. The van der Waals surface area contributed by atoms with Crippen LogP contribution in [0.25, 0.3) is 0 Å². The quantitative estimate of drug-likeness (QED) is 0.402. The van der Waals surface area contributed by atoms with Gasteiger partial charge in [0.25, 0.3) is 10.1 Å². The van der Waals surface area contributed by atoms with Crippen LogP contribution in [0.1, 0.15) is 14.8 Å². The molecule has 1 N–H and O–H groups in total. The van der Waals surface area contributed by atoms with Crippen molar-refractivity contribution in [1.29, 1.82) is 0 Å². The normalized spacial score (nSPS) is 16.9. The smallest absolute Gasteiger partial charge is 1.00 e. The molecule has 1 aromatic heterocycles. The molecule has 0 fully saturated rings. The standard InChI is InChI=1S/C12H18O6S2.Na.H/c1-12(7-16-3-2-4-20(13,14)15)8-17-10-5-19-6-11(10)18-9-12;;/h5-6H,2-4,7-9H2,1H3,(H,13,14,15);;/q;+1;-1. The maximum absolute atomic E-state index is 10.6. The second kappa shape index (κ2) is 8.14. The summed E-state index contributed by atoms with van der Waals surface area (Å²) in [6.45, 7) is 3.64. The van der Waals surface area contributed by atoms with Crippen LogP contribution in [0.3, 0.4) is 0 Å². The largest absolute Gasteiger partial charge is 1.00 e. The molecule has 0 saturated carbocycles. The number of ether oxygens (including phenoxy) is 3. The Kier molecular flexibility index (Phi) is 7.45. The van der Waals surface area contributed by atoms with E-state index in [0.717, 1.165) is 11.5 Å². The minimum absolute atomic E-state index is 0. The molecule has 0 saturated heterocycles. The van der Waals surface area contributed by atoms with Gasteiger partial charge in [-0.25, -0.2) is 0 Å². The van der Waals surface area contributed by atoms with Crippen molar-refractivity contribution in [1.82, 2.24) is 0 Å². The fourth-order valence-corrected chi connectivity index (χ4v) is 2.94. The van der Waals surface area contributed by atoms with Crippen molar-refractivity contribution in [3.05, 3.63) is 10.8 Å². The van der Waals surface area contributed by atoms with Gasteiger partial charge < -0.3 is 15.6 Å². The van der Waals surface area contributed by atoms with Crippen LogP contribution >= 0.6 is 11.3 Å². The summed E-state index contributed by atoms with van der Waals surface area (Å²) in [6, 6.07) is 0. The maximum atomic E-state index is 10.6. The molecule has 2 rings (SSSR count). The van der Waals surface area contributed by atoms with Gasteiger partial charge in [-0.2, -0.15) is 8.42 Å². The minimum Gasteiger partial charge on any atom is -1.00 e. The molecule has 6 nitrogen and oxygen atoms in total. The molecule has 1 aromatic rings. The summed E-state index contributed by atoms with van der Waals surface area (Å²) in [4.78, 5) is 0. The Morgan fingerprint density at radius 2 is 1.95 bits per heavy atom. The maximum Gasteiger partial charge on any atom is 1.00 e. The van der Waals surface area contributed by atoms with Gasteiger partial charge in [0.1, 0.15) is 0 Å². The second-order valence-electron chi connectivity index (χ2n) is 5.18. The molecule has 0 spiro atoms. The molecule has 0 radical (unpaired) electrons. The summed E-state index contributed by atoms with van der Waals surface area (Å²) < 4.78 is 46.6. The van der Waals surface area contributed by atoms with Crippen LogP contribution in [0, 0.1) is 5.41 Å². The molecule has 9 heteroatoms. The first-order valence-electron chi connectivity index (χ1n) is 6.23. The van der Waals surface area contributed by atoms with E-state index < -0.39 is 10.1 Å². The molecule has 0 aromatic carbocycles. The Hall–Kier alpha value is 0.170.